The lowest BCUT2D eigenvalue weighted by atomic mass is 9.79. The number of hydrogen-bond acceptors (Lipinski definition) is 4. The maximum Gasteiger partial charge on any atom is 0.0622 e. The summed E-state index contributed by atoms with van der Waals surface area (Å²) in [7, 11) is 0. The van der Waals surface area contributed by atoms with Gasteiger partial charge in [0.05, 0.1) is 13.2 Å². The third kappa shape index (κ3) is 3.19. The van der Waals surface area contributed by atoms with Gasteiger partial charge in [0.15, 0.2) is 0 Å². The summed E-state index contributed by atoms with van der Waals surface area (Å²) in [5.41, 5.74) is 6.31. The van der Waals surface area contributed by atoms with Gasteiger partial charge in [0.2, 0.25) is 0 Å². The number of nitrogens with two attached hydrogens (primary N) is 1. The Bertz CT molecular complexity index is 229. The maximum absolute atomic E-state index is 6.03. The monoisotopic (exact) mass is 242 g/mol. The van der Waals surface area contributed by atoms with Gasteiger partial charge >= 0.3 is 0 Å². The van der Waals surface area contributed by atoms with Crippen LogP contribution in [-0.4, -0.2) is 57.0 Å². The summed E-state index contributed by atoms with van der Waals surface area (Å²) in [6.45, 7) is 8.70. The molecular weight excluding hydrogens is 216 g/mol. The van der Waals surface area contributed by atoms with Crippen LogP contribution in [-0.2, 0) is 9.47 Å². The lowest BCUT2D eigenvalue weighted by molar-refractivity contribution is -0.0522. The van der Waals surface area contributed by atoms with Crippen LogP contribution in [0.1, 0.15) is 26.2 Å². The van der Waals surface area contributed by atoms with E-state index in [1.165, 1.54) is 0 Å². The molecule has 0 aromatic carbocycles. The smallest absolute Gasteiger partial charge is 0.0622 e. The third-order valence-electron chi connectivity index (χ3n) is 4.35. The largest absolute Gasteiger partial charge is 0.381 e. The van der Waals surface area contributed by atoms with E-state index in [1.807, 2.05) is 0 Å². The molecular formula is C13H26N2O2. The topological polar surface area (TPSA) is 47.7 Å². The van der Waals surface area contributed by atoms with E-state index in [9.17, 15) is 0 Å². The van der Waals surface area contributed by atoms with Crippen LogP contribution >= 0.6 is 0 Å². The Labute approximate surface area is 104 Å². The van der Waals surface area contributed by atoms with E-state index in [-0.39, 0.29) is 5.41 Å². The van der Waals surface area contributed by atoms with Gasteiger partial charge in [0.25, 0.3) is 0 Å². The average molecular weight is 242 g/mol. The Kier molecular flexibility index (Phi) is 4.79. The van der Waals surface area contributed by atoms with Crippen LogP contribution in [0.4, 0.5) is 0 Å². The normalized spacial score (nSPS) is 30.4. The second-order valence-electron chi connectivity index (χ2n) is 5.42. The van der Waals surface area contributed by atoms with E-state index in [2.05, 4.69) is 11.8 Å². The lowest BCUT2D eigenvalue weighted by Crippen LogP contribution is -2.53. The van der Waals surface area contributed by atoms with Crippen molar-refractivity contribution in [2.75, 3.05) is 46.1 Å². The molecule has 2 saturated heterocycles. The summed E-state index contributed by atoms with van der Waals surface area (Å²) in [6.07, 6.45) is 3.38. The minimum absolute atomic E-state index is 0.281. The van der Waals surface area contributed by atoms with Gasteiger partial charge in [-0.2, -0.15) is 0 Å². The fraction of sp³-hybridized carbons (Fsp3) is 1.00. The molecule has 0 radical (unpaired) electrons. The van der Waals surface area contributed by atoms with Crippen molar-refractivity contribution in [2.24, 2.45) is 11.1 Å². The molecule has 2 aliphatic rings. The Hall–Kier alpha value is -0.160. The summed E-state index contributed by atoms with van der Waals surface area (Å²) in [5.74, 6) is 0. The van der Waals surface area contributed by atoms with Crippen LogP contribution in [0.25, 0.3) is 0 Å². The van der Waals surface area contributed by atoms with Crippen molar-refractivity contribution in [3.05, 3.63) is 0 Å². The average Bonchev–Trinajstić information content (AvgIpc) is 2.40. The number of ether oxygens (including phenoxy) is 2. The molecule has 2 fully saturated rings. The van der Waals surface area contributed by atoms with E-state index in [0.29, 0.717) is 6.04 Å². The summed E-state index contributed by atoms with van der Waals surface area (Å²) < 4.78 is 11.0. The van der Waals surface area contributed by atoms with Crippen LogP contribution in [0, 0.1) is 5.41 Å². The molecule has 4 nitrogen and oxygen atoms in total. The molecule has 1 atom stereocenters. The standard InChI is InChI=1S/C13H26N2O2/c1-2-12-9-17-8-5-15(12)11-13(10-14)3-6-16-7-4-13/h12H,2-11,14H2,1H3. The van der Waals surface area contributed by atoms with Crippen LogP contribution in [0.3, 0.4) is 0 Å². The summed E-state index contributed by atoms with van der Waals surface area (Å²) >= 11 is 0. The highest BCUT2D eigenvalue weighted by molar-refractivity contribution is 4.88. The van der Waals surface area contributed by atoms with Gasteiger partial charge in [0, 0.05) is 32.3 Å². The predicted molar refractivity (Wildman–Crippen MR) is 68.0 cm³/mol. The Morgan fingerprint density at radius 2 is 2.00 bits per heavy atom. The van der Waals surface area contributed by atoms with E-state index in [1.54, 1.807) is 0 Å². The van der Waals surface area contributed by atoms with Crippen LogP contribution in [0.2, 0.25) is 0 Å². The molecule has 1 unspecified atom stereocenters. The second kappa shape index (κ2) is 6.14. The molecule has 2 N–H and O–H groups in total. The minimum Gasteiger partial charge on any atom is -0.381 e. The highest BCUT2D eigenvalue weighted by atomic mass is 16.5. The van der Waals surface area contributed by atoms with Crippen LogP contribution in [0.5, 0.6) is 0 Å². The summed E-state index contributed by atoms with van der Waals surface area (Å²) in [5, 5.41) is 0. The molecule has 2 heterocycles. The molecule has 0 aromatic heterocycles. The fourth-order valence-corrected chi connectivity index (χ4v) is 2.94. The van der Waals surface area contributed by atoms with Crippen molar-refractivity contribution in [3.63, 3.8) is 0 Å². The Morgan fingerprint density at radius 1 is 1.24 bits per heavy atom. The lowest BCUT2D eigenvalue weighted by Gasteiger charge is -2.44. The van der Waals surface area contributed by atoms with Crippen molar-refractivity contribution >= 4 is 0 Å². The van der Waals surface area contributed by atoms with E-state index >= 15 is 0 Å². The second-order valence-corrected chi connectivity index (χ2v) is 5.42. The van der Waals surface area contributed by atoms with Gasteiger partial charge in [-0.15, -0.1) is 0 Å². The molecule has 2 aliphatic heterocycles. The predicted octanol–water partition coefficient (Wildman–Crippen LogP) is 0.853. The van der Waals surface area contributed by atoms with Gasteiger partial charge in [-0.3, -0.25) is 4.90 Å². The van der Waals surface area contributed by atoms with Crippen molar-refractivity contribution in [1.29, 1.82) is 0 Å². The van der Waals surface area contributed by atoms with Crippen molar-refractivity contribution in [1.82, 2.24) is 4.90 Å². The summed E-state index contributed by atoms with van der Waals surface area (Å²) in [4.78, 5) is 2.58. The van der Waals surface area contributed by atoms with E-state index in [0.717, 1.165) is 65.3 Å². The van der Waals surface area contributed by atoms with E-state index < -0.39 is 0 Å². The van der Waals surface area contributed by atoms with Crippen molar-refractivity contribution < 1.29 is 9.47 Å². The maximum atomic E-state index is 6.03. The first-order chi connectivity index (χ1) is 8.29. The first-order valence-electron chi connectivity index (χ1n) is 6.89. The van der Waals surface area contributed by atoms with Gasteiger partial charge in [-0.05, 0) is 31.2 Å². The summed E-state index contributed by atoms with van der Waals surface area (Å²) in [6, 6.07) is 0.579. The van der Waals surface area contributed by atoms with Gasteiger partial charge in [0.1, 0.15) is 0 Å². The van der Waals surface area contributed by atoms with Gasteiger partial charge in [-0.25, -0.2) is 0 Å². The van der Waals surface area contributed by atoms with Crippen LogP contribution < -0.4 is 5.73 Å². The minimum atomic E-state index is 0.281. The van der Waals surface area contributed by atoms with Gasteiger partial charge < -0.3 is 15.2 Å². The molecule has 100 valence electrons. The van der Waals surface area contributed by atoms with E-state index in [4.69, 9.17) is 15.2 Å². The zero-order valence-electron chi connectivity index (χ0n) is 11.0. The zero-order valence-corrected chi connectivity index (χ0v) is 11.0. The third-order valence-corrected chi connectivity index (χ3v) is 4.35. The number of nitrogens with zero attached hydrogens (tertiary/aromatic N) is 1. The molecule has 0 saturated carbocycles. The number of rotatable bonds is 4. The fourth-order valence-electron chi connectivity index (χ4n) is 2.94. The SMILES string of the molecule is CCC1COCCN1CC1(CN)CCOCC1. The first-order valence-corrected chi connectivity index (χ1v) is 6.89. The molecule has 0 aliphatic carbocycles. The number of hydrogen-bond donors (Lipinski definition) is 1. The quantitative estimate of drug-likeness (QED) is 0.794. The Balaban J connectivity index is 1.96. The molecule has 0 spiro atoms. The molecule has 17 heavy (non-hydrogen) atoms. The Morgan fingerprint density at radius 3 is 2.65 bits per heavy atom. The molecule has 0 bridgehead atoms. The van der Waals surface area contributed by atoms with Crippen molar-refractivity contribution in [3.8, 4) is 0 Å². The highest BCUT2D eigenvalue weighted by Crippen LogP contribution is 2.31. The van der Waals surface area contributed by atoms with Crippen LogP contribution in [0.15, 0.2) is 0 Å². The van der Waals surface area contributed by atoms with Crippen molar-refractivity contribution in [2.45, 2.75) is 32.2 Å². The zero-order chi connectivity index (χ0) is 12.1. The number of morpholine rings is 1. The highest BCUT2D eigenvalue weighted by Gasteiger charge is 2.35. The molecule has 4 heteroatoms. The molecule has 0 amide bonds. The molecule has 2 rings (SSSR count). The van der Waals surface area contributed by atoms with Gasteiger partial charge in [-0.1, -0.05) is 6.92 Å². The first kappa shape index (κ1) is 13.3. The molecule has 0 aromatic rings.